The average Bonchev–Trinajstić information content (AvgIpc) is 3.17. The molecular formula is C15H13BrN2O2S3. The molecule has 0 spiro atoms. The van der Waals surface area contributed by atoms with E-state index < -0.39 is 10.0 Å². The van der Waals surface area contributed by atoms with Crippen molar-refractivity contribution in [1.82, 2.24) is 4.57 Å². The third-order valence-corrected chi connectivity index (χ3v) is 7.35. The summed E-state index contributed by atoms with van der Waals surface area (Å²) in [5.41, 5.74) is 1.99. The van der Waals surface area contributed by atoms with E-state index in [0.29, 0.717) is 11.3 Å². The zero-order valence-corrected chi connectivity index (χ0v) is 16.2. The Kier molecular flexibility index (Phi) is 4.86. The van der Waals surface area contributed by atoms with Gasteiger partial charge in [0.2, 0.25) is 4.80 Å². The smallest absolute Gasteiger partial charge is 0.294 e. The van der Waals surface area contributed by atoms with E-state index in [2.05, 4.69) is 20.3 Å². The van der Waals surface area contributed by atoms with Crippen LogP contribution in [0.5, 0.6) is 0 Å². The summed E-state index contributed by atoms with van der Waals surface area (Å²) in [6, 6.07) is 11.2. The molecule has 120 valence electrons. The van der Waals surface area contributed by atoms with Crippen LogP contribution < -0.4 is 4.80 Å². The van der Waals surface area contributed by atoms with E-state index in [1.165, 1.54) is 22.7 Å². The van der Waals surface area contributed by atoms with Crippen LogP contribution in [0.2, 0.25) is 0 Å². The first-order valence-corrected chi connectivity index (χ1v) is 10.8. The molecule has 1 aromatic carbocycles. The van der Waals surface area contributed by atoms with Crippen molar-refractivity contribution in [2.45, 2.75) is 17.7 Å². The fourth-order valence-electron chi connectivity index (χ4n) is 2.12. The number of aromatic nitrogens is 1. The van der Waals surface area contributed by atoms with Crippen LogP contribution in [0.3, 0.4) is 0 Å². The van der Waals surface area contributed by atoms with Crippen molar-refractivity contribution in [1.29, 1.82) is 0 Å². The number of hydrogen-bond acceptors (Lipinski definition) is 4. The van der Waals surface area contributed by atoms with Crippen molar-refractivity contribution >= 4 is 48.6 Å². The third kappa shape index (κ3) is 3.50. The quantitative estimate of drug-likeness (QED) is 0.619. The number of thiazole rings is 1. The summed E-state index contributed by atoms with van der Waals surface area (Å²) >= 11 is 5.93. The number of sulfonamides is 1. The Morgan fingerprint density at radius 2 is 1.91 bits per heavy atom. The minimum Gasteiger partial charge on any atom is -0.316 e. The minimum atomic E-state index is -3.65. The van der Waals surface area contributed by atoms with Crippen molar-refractivity contribution < 1.29 is 8.42 Å². The zero-order chi connectivity index (χ0) is 16.4. The van der Waals surface area contributed by atoms with Gasteiger partial charge >= 0.3 is 0 Å². The average molecular weight is 429 g/mol. The third-order valence-electron chi connectivity index (χ3n) is 3.20. The maximum Gasteiger partial charge on any atom is 0.294 e. The summed E-state index contributed by atoms with van der Waals surface area (Å²) < 4.78 is 31.9. The number of rotatable bonds is 4. The second-order valence-corrected chi connectivity index (χ2v) is 9.18. The van der Waals surface area contributed by atoms with Gasteiger partial charge in [0.25, 0.3) is 10.0 Å². The summed E-state index contributed by atoms with van der Waals surface area (Å²) in [6.45, 7) is 2.62. The van der Waals surface area contributed by atoms with E-state index in [-0.39, 0.29) is 4.21 Å². The molecule has 3 aromatic rings. The van der Waals surface area contributed by atoms with Gasteiger partial charge in [-0.1, -0.05) is 34.1 Å². The molecule has 0 aliphatic rings. The van der Waals surface area contributed by atoms with Gasteiger partial charge in [-0.15, -0.1) is 27.1 Å². The highest BCUT2D eigenvalue weighted by atomic mass is 79.9. The van der Waals surface area contributed by atoms with Crippen molar-refractivity contribution in [3.05, 3.63) is 56.4 Å². The van der Waals surface area contributed by atoms with Crippen molar-refractivity contribution in [2.24, 2.45) is 4.40 Å². The molecule has 0 bridgehead atoms. The van der Waals surface area contributed by atoms with Crippen molar-refractivity contribution in [3.63, 3.8) is 0 Å². The lowest BCUT2D eigenvalue weighted by atomic mass is 10.2. The van der Waals surface area contributed by atoms with Crippen molar-refractivity contribution in [2.75, 3.05) is 0 Å². The standard InChI is InChI=1S/C15H13BrN2O2S3/c1-2-18-13(11-5-7-12(16)8-6-11)10-22-15(18)17-23(19,20)14-4-3-9-21-14/h3-10H,2H2,1H3/b17-15+. The molecule has 0 aliphatic carbocycles. The van der Waals surface area contributed by atoms with Gasteiger partial charge in [-0.2, -0.15) is 8.42 Å². The summed E-state index contributed by atoms with van der Waals surface area (Å²) in [5, 5.41) is 3.67. The molecule has 23 heavy (non-hydrogen) atoms. The van der Waals surface area contributed by atoms with Gasteiger partial charge in [-0.05, 0) is 36.1 Å². The van der Waals surface area contributed by atoms with Crippen LogP contribution in [0.4, 0.5) is 0 Å². The molecule has 0 saturated heterocycles. The van der Waals surface area contributed by atoms with Gasteiger partial charge in [0.1, 0.15) is 4.21 Å². The molecule has 8 heteroatoms. The Labute approximate surface area is 151 Å². The second-order valence-electron chi connectivity index (χ2n) is 4.65. The number of halogens is 1. The Morgan fingerprint density at radius 1 is 1.17 bits per heavy atom. The molecule has 0 N–H and O–H groups in total. The predicted molar refractivity (Wildman–Crippen MR) is 98.2 cm³/mol. The fourth-order valence-corrected chi connectivity index (χ4v) is 5.54. The normalized spacial score (nSPS) is 12.7. The molecule has 0 fully saturated rings. The Balaban J connectivity index is 2.12. The number of thiophene rings is 1. The lowest BCUT2D eigenvalue weighted by Crippen LogP contribution is -2.17. The molecule has 3 rings (SSSR count). The summed E-state index contributed by atoms with van der Waals surface area (Å²) in [5.74, 6) is 0. The fraction of sp³-hybridized carbons (Fsp3) is 0.133. The highest BCUT2D eigenvalue weighted by Crippen LogP contribution is 2.23. The molecule has 0 aliphatic heterocycles. The lowest BCUT2D eigenvalue weighted by molar-refractivity contribution is 0.597. The van der Waals surface area contributed by atoms with Crippen LogP contribution >= 0.6 is 38.6 Å². The number of nitrogens with zero attached hydrogens (tertiary/aromatic N) is 2. The Morgan fingerprint density at radius 3 is 2.52 bits per heavy atom. The maximum atomic E-state index is 12.4. The van der Waals surface area contributed by atoms with Crippen LogP contribution in [-0.2, 0) is 16.6 Å². The molecule has 0 amide bonds. The topological polar surface area (TPSA) is 51.4 Å². The first-order valence-electron chi connectivity index (χ1n) is 6.80. The largest absolute Gasteiger partial charge is 0.316 e. The number of hydrogen-bond donors (Lipinski definition) is 0. The van der Waals surface area contributed by atoms with Gasteiger partial charge < -0.3 is 4.57 Å². The molecule has 0 unspecified atom stereocenters. The highest BCUT2D eigenvalue weighted by molar-refractivity contribution is 9.10. The van der Waals surface area contributed by atoms with Crippen LogP contribution in [0, 0.1) is 0 Å². The zero-order valence-electron chi connectivity index (χ0n) is 12.1. The molecule has 2 heterocycles. The summed E-state index contributed by atoms with van der Waals surface area (Å²) in [4.78, 5) is 0.485. The molecule has 0 saturated carbocycles. The Bertz CT molecular complexity index is 969. The van der Waals surface area contributed by atoms with Crippen LogP contribution in [0.25, 0.3) is 11.3 Å². The van der Waals surface area contributed by atoms with E-state index in [9.17, 15) is 8.42 Å². The van der Waals surface area contributed by atoms with E-state index in [0.717, 1.165) is 15.7 Å². The van der Waals surface area contributed by atoms with Crippen molar-refractivity contribution in [3.8, 4) is 11.3 Å². The van der Waals surface area contributed by atoms with Crippen LogP contribution in [0.1, 0.15) is 6.92 Å². The van der Waals surface area contributed by atoms with E-state index in [1.54, 1.807) is 17.5 Å². The maximum absolute atomic E-state index is 12.4. The molecule has 4 nitrogen and oxygen atoms in total. The SMILES string of the molecule is CCn1c(-c2ccc(Br)cc2)cs/c1=N/S(=O)(=O)c1cccs1. The highest BCUT2D eigenvalue weighted by Gasteiger charge is 2.15. The van der Waals surface area contributed by atoms with E-state index in [4.69, 9.17) is 0 Å². The second kappa shape index (κ2) is 6.72. The van der Waals surface area contributed by atoms with Gasteiger partial charge in [-0.25, -0.2) is 0 Å². The molecular weight excluding hydrogens is 416 g/mol. The molecule has 0 radical (unpaired) electrons. The minimum absolute atomic E-state index is 0.263. The summed E-state index contributed by atoms with van der Waals surface area (Å²) in [6.07, 6.45) is 0. The molecule has 2 aromatic heterocycles. The summed E-state index contributed by atoms with van der Waals surface area (Å²) in [7, 11) is -3.65. The molecule has 0 atom stereocenters. The van der Waals surface area contributed by atoms with E-state index in [1.807, 2.05) is 41.1 Å². The van der Waals surface area contributed by atoms with Gasteiger partial charge in [0.05, 0.1) is 5.69 Å². The lowest BCUT2D eigenvalue weighted by Gasteiger charge is -2.06. The monoisotopic (exact) mass is 428 g/mol. The Hall–Kier alpha value is -1.22. The first kappa shape index (κ1) is 16.6. The van der Waals surface area contributed by atoms with Gasteiger partial charge in [0, 0.05) is 16.4 Å². The number of benzene rings is 1. The van der Waals surface area contributed by atoms with Crippen LogP contribution in [-0.4, -0.2) is 13.0 Å². The first-order chi connectivity index (χ1) is 11.0. The van der Waals surface area contributed by atoms with Gasteiger partial charge in [-0.3, -0.25) is 0 Å². The predicted octanol–water partition coefficient (Wildman–Crippen LogP) is 4.35. The van der Waals surface area contributed by atoms with Crippen LogP contribution in [0.15, 0.2) is 60.2 Å². The van der Waals surface area contributed by atoms with E-state index >= 15 is 0 Å². The van der Waals surface area contributed by atoms with Gasteiger partial charge in [0.15, 0.2) is 0 Å².